The second-order valence-electron chi connectivity index (χ2n) is 29.6. The minimum absolute atomic E-state index is 0.0438. The molecule has 4 heterocycles. The van der Waals surface area contributed by atoms with E-state index >= 15 is 4.79 Å². The van der Waals surface area contributed by atoms with Gasteiger partial charge in [-0.1, -0.05) is 65.3 Å². The van der Waals surface area contributed by atoms with Gasteiger partial charge >= 0.3 is 5.97 Å². The number of carbonyl (C=O) groups excluding carboxylic acids is 3. The van der Waals surface area contributed by atoms with Crippen molar-refractivity contribution >= 4 is 18.2 Å². The van der Waals surface area contributed by atoms with Crippen LogP contribution in [0.25, 0.3) is 0 Å². The molecular formula is C67H94FNO23. The van der Waals surface area contributed by atoms with Crippen LogP contribution in [0.3, 0.4) is 0 Å². The van der Waals surface area contributed by atoms with E-state index in [0.29, 0.717) is 62.0 Å². The molecule has 92 heavy (non-hydrogen) atoms. The first-order valence-corrected chi connectivity index (χ1v) is 32.5. The van der Waals surface area contributed by atoms with Gasteiger partial charge in [0.1, 0.15) is 102 Å². The maximum Gasteiger partial charge on any atom is 0.317 e. The van der Waals surface area contributed by atoms with Crippen LogP contribution in [0.2, 0.25) is 0 Å². The lowest BCUT2D eigenvalue weighted by Crippen LogP contribution is -2.69. The molecule has 11 unspecified atom stereocenters. The van der Waals surface area contributed by atoms with Crippen LogP contribution in [-0.4, -0.2) is 216 Å². The summed E-state index contributed by atoms with van der Waals surface area (Å²) < 4.78 is 67.6. The average Bonchev–Trinajstić information content (AvgIpc) is 0.673. The number of allylic oxidation sites excluding steroid dienone is 2. The maximum atomic E-state index is 15.5. The SMILES string of the molecule is CC1O[C@@H](OC(=O)[C@]23CCC(C)(C)CC2C2=CCC4C5(C)CC[C@H](O[C@@H]6OC(CNC(=O)Cc7ccc(Oc8ccc(F)cc8)cc7)[C@@H](O)[C@H](O)C6O)[C@](C)(C=O)[C@@H]5CC[C@]4(C)[C@]2(C)CC3O)C(O[C@@H]2OC(C)[C@H](O[C@@H]3OC[C@@H](O)[C@H](O)C3O)[C@H](O)C2O)[C@@H](O)[C@H]1O. The van der Waals surface area contributed by atoms with Gasteiger partial charge in [-0.25, -0.2) is 4.39 Å². The first kappa shape index (κ1) is 69.2. The molecule has 0 aromatic heterocycles. The highest BCUT2D eigenvalue weighted by atomic mass is 19.1. The number of esters is 1. The van der Waals surface area contributed by atoms with Gasteiger partial charge in [-0.05, 0) is 153 Å². The average molecular weight is 1300 g/mol. The molecule has 11 rings (SSSR count). The molecule has 5 aliphatic carbocycles. The number of aliphatic hydroxyl groups excluding tert-OH is 11. The molecule has 29 atom stereocenters. The molecule has 0 bridgehead atoms. The second kappa shape index (κ2) is 26.0. The van der Waals surface area contributed by atoms with Gasteiger partial charge in [-0.2, -0.15) is 0 Å². The topological polar surface area (TPSA) is 369 Å². The Balaban J connectivity index is 0.775. The van der Waals surface area contributed by atoms with E-state index in [9.17, 15) is 70.2 Å². The molecule has 25 heteroatoms. The number of aldehydes is 1. The van der Waals surface area contributed by atoms with Gasteiger partial charge in [-0.15, -0.1) is 0 Å². The quantitative estimate of drug-likeness (QED) is 0.0526. The molecule has 4 saturated carbocycles. The van der Waals surface area contributed by atoms with Gasteiger partial charge in [-0.3, -0.25) is 9.59 Å². The molecule has 8 fully saturated rings. The first-order valence-electron chi connectivity index (χ1n) is 32.5. The maximum absolute atomic E-state index is 15.5. The van der Waals surface area contributed by atoms with Crippen LogP contribution in [0.15, 0.2) is 60.2 Å². The van der Waals surface area contributed by atoms with Crippen molar-refractivity contribution in [3.63, 3.8) is 0 Å². The third kappa shape index (κ3) is 12.1. The molecule has 2 aromatic rings. The van der Waals surface area contributed by atoms with Crippen LogP contribution in [0, 0.1) is 56.1 Å². The predicted molar refractivity (Wildman–Crippen MR) is 318 cm³/mol. The summed E-state index contributed by atoms with van der Waals surface area (Å²) in [6.07, 6.45) is -24.7. The molecule has 1 amide bonds. The number of hydrogen-bond acceptors (Lipinski definition) is 23. The van der Waals surface area contributed by atoms with Crippen LogP contribution < -0.4 is 10.1 Å². The molecule has 4 aliphatic heterocycles. The van der Waals surface area contributed by atoms with E-state index in [-0.39, 0.29) is 43.1 Å². The van der Waals surface area contributed by atoms with Crippen molar-refractivity contribution in [2.24, 2.45) is 50.2 Å². The minimum atomic E-state index is -1.91. The van der Waals surface area contributed by atoms with E-state index in [4.69, 9.17) is 42.6 Å². The van der Waals surface area contributed by atoms with E-state index < -0.39 is 186 Å². The van der Waals surface area contributed by atoms with Crippen molar-refractivity contribution in [2.75, 3.05) is 13.2 Å². The summed E-state index contributed by atoms with van der Waals surface area (Å²) >= 11 is 0. The van der Waals surface area contributed by atoms with E-state index in [1.165, 1.54) is 38.1 Å². The fourth-order valence-electron chi connectivity index (χ4n) is 17.9. The monoisotopic (exact) mass is 1300 g/mol. The number of fused-ring (bicyclic) bond motifs is 7. The van der Waals surface area contributed by atoms with Crippen molar-refractivity contribution in [3.05, 3.63) is 71.6 Å². The highest BCUT2D eigenvalue weighted by molar-refractivity contribution is 5.80. The lowest BCUT2D eigenvalue weighted by molar-refractivity contribution is -0.373. The first-order chi connectivity index (χ1) is 43.3. The number of rotatable bonds is 15. The van der Waals surface area contributed by atoms with Crippen LogP contribution in [0.5, 0.6) is 11.5 Å². The van der Waals surface area contributed by atoms with Gasteiger partial charge in [0.2, 0.25) is 12.2 Å². The predicted octanol–water partition coefficient (Wildman–Crippen LogP) is 2.11. The van der Waals surface area contributed by atoms with E-state index in [1.54, 1.807) is 24.3 Å². The van der Waals surface area contributed by atoms with E-state index in [0.717, 1.165) is 11.9 Å². The van der Waals surface area contributed by atoms with Crippen molar-refractivity contribution in [3.8, 4) is 11.5 Å². The zero-order chi connectivity index (χ0) is 66.5. The number of aliphatic hydroxyl groups is 11. The molecule has 4 saturated heterocycles. The number of nitrogens with one attached hydrogen (secondary N) is 1. The number of amides is 1. The lowest BCUT2D eigenvalue weighted by atomic mass is 9.33. The van der Waals surface area contributed by atoms with Crippen molar-refractivity contribution in [1.82, 2.24) is 5.32 Å². The van der Waals surface area contributed by atoms with Gasteiger partial charge in [0, 0.05) is 6.54 Å². The van der Waals surface area contributed by atoms with Gasteiger partial charge < -0.3 is 109 Å². The zero-order valence-electron chi connectivity index (χ0n) is 53.3. The Kier molecular flexibility index (Phi) is 19.5. The highest BCUT2D eigenvalue weighted by Gasteiger charge is 2.73. The summed E-state index contributed by atoms with van der Waals surface area (Å²) in [4.78, 5) is 42.6. The van der Waals surface area contributed by atoms with Gasteiger partial charge in [0.15, 0.2) is 25.0 Å². The zero-order valence-corrected chi connectivity index (χ0v) is 53.3. The van der Waals surface area contributed by atoms with E-state index in [2.05, 4.69) is 46.0 Å². The molecule has 12 N–H and O–H groups in total. The summed E-state index contributed by atoms with van der Waals surface area (Å²) in [6, 6.07) is 12.3. The Morgan fingerprint density at radius 3 is 1.95 bits per heavy atom. The number of benzene rings is 2. The van der Waals surface area contributed by atoms with Gasteiger partial charge in [0.05, 0.1) is 42.9 Å². The Hall–Kier alpha value is -4.20. The van der Waals surface area contributed by atoms with Crippen LogP contribution in [0.4, 0.5) is 4.39 Å². The van der Waals surface area contributed by atoms with Crippen LogP contribution >= 0.6 is 0 Å². The third-order valence-corrected chi connectivity index (χ3v) is 23.6. The smallest absolute Gasteiger partial charge is 0.317 e. The van der Waals surface area contributed by atoms with Crippen molar-refractivity contribution < 1.29 is 118 Å². The Labute approximate surface area is 534 Å². The van der Waals surface area contributed by atoms with Crippen molar-refractivity contribution in [2.45, 2.75) is 249 Å². The fraction of sp³-hybridized carbons (Fsp3) is 0.746. The summed E-state index contributed by atoms with van der Waals surface area (Å²) in [7, 11) is 0. The Bertz CT molecular complexity index is 3000. The highest BCUT2D eigenvalue weighted by Crippen LogP contribution is 2.76. The summed E-state index contributed by atoms with van der Waals surface area (Å²) in [5.74, 6) is -1.55. The number of ether oxygens (including phenoxy) is 9. The van der Waals surface area contributed by atoms with Crippen molar-refractivity contribution in [1.29, 1.82) is 0 Å². The third-order valence-electron chi connectivity index (χ3n) is 23.6. The van der Waals surface area contributed by atoms with Crippen LogP contribution in [0.1, 0.15) is 119 Å². The fourth-order valence-corrected chi connectivity index (χ4v) is 17.9. The standard InChI is InChI=1S/C67H94FNO23/c1-31-46(74)50(78)56(91-58-54(82)51(79)55(32(2)86-58)90-57-52(80)47(75)39(71)29-84-57)60(85-31)92-61(83)67-24-23-62(3,4)26-38(67)37-17-18-42-63(5)21-20-44(64(6,30-70)41(63)19-22-65(42,7)66(37,8)27-43(67)72)89-59-53(81)49(77)48(76)40(88-59)28-69-45(73)25-33-9-13-35(14-10-33)87-36-15-11-34(68)12-16-36/h9-17,30-32,38-44,46-60,71-72,74-82H,18-29H2,1-8H3,(H,69,73)/t31?,32?,38?,39-,40?,41-,42?,43?,44+,46+,47+,48-,49+,50+,51-,52?,53?,54?,55+,56?,57+,58+,59+,60+,63?,64-,65+,66-,67-/m1/s1. The molecule has 512 valence electrons. The Morgan fingerprint density at radius 1 is 0.641 bits per heavy atom. The van der Waals surface area contributed by atoms with Crippen LogP contribution in [-0.2, 0) is 58.7 Å². The molecule has 0 radical (unpaired) electrons. The summed E-state index contributed by atoms with van der Waals surface area (Å²) in [5, 5.41) is 126. The molecule has 2 aromatic carbocycles. The molecule has 24 nitrogen and oxygen atoms in total. The summed E-state index contributed by atoms with van der Waals surface area (Å²) in [6.45, 7) is 15.1. The lowest BCUT2D eigenvalue weighted by Gasteiger charge is -2.71. The van der Waals surface area contributed by atoms with Gasteiger partial charge in [0.25, 0.3) is 0 Å². The number of hydrogen-bond donors (Lipinski definition) is 12. The molecule has 9 aliphatic rings. The normalized spacial score (nSPS) is 47.5. The number of carbonyl (C=O) groups is 3. The largest absolute Gasteiger partial charge is 0.457 e. The Morgan fingerprint density at radius 2 is 1.26 bits per heavy atom. The number of halogens is 1. The molecular weight excluding hydrogens is 1210 g/mol. The van der Waals surface area contributed by atoms with E-state index in [1.807, 2.05) is 6.92 Å². The molecule has 0 spiro atoms. The second-order valence-corrected chi connectivity index (χ2v) is 29.6. The minimum Gasteiger partial charge on any atom is -0.457 e. The summed E-state index contributed by atoms with van der Waals surface area (Å²) in [5.41, 5.74) is -2.98.